The minimum Gasteiger partial charge on any atom is -0.448 e. The summed E-state index contributed by atoms with van der Waals surface area (Å²) in [5, 5.41) is 0. The Hall–Kier alpha value is -1.46. The fraction of sp³-hybridized carbons (Fsp3) is 0.778. The quantitative estimate of drug-likeness (QED) is 0.689. The molecule has 2 amide bonds. The van der Waals surface area contributed by atoms with Crippen LogP contribution in [0.2, 0.25) is 0 Å². The minimum atomic E-state index is -0.726. The van der Waals surface area contributed by atoms with E-state index < -0.39 is 17.8 Å². The summed E-state index contributed by atoms with van der Waals surface area (Å²) in [5.74, 6) is 0. The third-order valence-corrected chi connectivity index (χ3v) is 1.10. The first-order chi connectivity index (χ1) is 6.85. The summed E-state index contributed by atoms with van der Waals surface area (Å²) in [6, 6.07) is 0. The van der Waals surface area contributed by atoms with Crippen LogP contribution in [0.15, 0.2) is 0 Å². The fourth-order valence-corrected chi connectivity index (χ4v) is 0.637. The molecule has 0 aliphatic carbocycles. The van der Waals surface area contributed by atoms with Gasteiger partial charge in [-0.2, -0.15) is 0 Å². The van der Waals surface area contributed by atoms with Gasteiger partial charge in [-0.3, -0.25) is 0 Å². The zero-order chi connectivity index (χ0) is 11.9. The van der Waals surface area contributed by atoms with Crippen LogP contribution < -0.4 is 10.9 Å². The normalized spacial score (nSPS) is 10.4. The van der Waals surface area contributed by atoms with Gasteiger partial charge in [0.15, 0.2) is 0 Å². The van der Waals surface area contributed by atoms with Crippen molar-refractivity contribution in [3.8, 4) is 0 Å². The Morgan fingerprint density at radius 2 is 1.67 bits per heavy atom. The second-order valence-electron chi connectivity index (χ2n) is 3.89. The molecular weight excluding hydrogens is 200 g/mol. The lowest BCUT2D eigenvalue weighted by Crippen LogP contribution is -2.44. The lowest BCUT2D eigenvalue weighted by molar-refractivity contribution is 0.0486. The third kappa shape index (κ3) is 8.86. The van der Waals surface area contributed by atoms with E-state index in [2.05, 4.69) is 15.6 Å². The molecule has 0 aromatic rings. The van der Waals surface area contributed by atoms with Crippen molar-refractivity contribution in [2.24, 2.45) is 0 Å². The van der Waals surface area contributed by atoms with Gasteiger partial charge in [0.2, 0.25) is 0 Å². The van der Waals surface area contributed by atoms with E-state index in [1.165, 1.54) is 0 Å². The Morgan fingerprint density at radius 3 is 2.13 bits per heavy atom. The van der Waals surface area contributed by atoms with Gasteiger partial charge in [-0.15, -0.1) is 0 Å². The maximum absolute atomic E-state index is 11.0. The van der Waals surface area contributed by atoms with Crippen LogP contribution in [0.5, 0.6) is 0 Å². The average Bonchev–Trinajstić information content (AvgIpc) is 2.08. The van der Waals surface area contributed by atoms with Gasteiger partial charge in [0, 0.05) is 0 Å². The van der Waals surface area contributed by atoms with Crippen molar-refractivity contribution < 1.29 is 19.1 Å². The Morgan fingerprint density at radius 1 is 1.13 bits per heavy atom. The first-order valence-electron chi connectivity index (χ1n) is 4.77. The minimum absolute atomic E-state index is 0.307. The molecular formula is C9H18N2O4. The summed E-state index contributed by atoms with van der Waals surface area (Å²) >= 11 is 0. The van der Waals surface area contributed by atoms with Crippen molar-refractivity contribution in [1.82, 2.24) is 10.9 Å². The molecule has 0 fully saturated rings. The van der Waals surface area contributed by atoms with Crippen molar-refractivity contribution in [1.29, 1.82) is 0 Å². The van der Waals surface area contributed by atoms with E-state index in [0.717, 1.165) is 6.42 Å². The number of ether oxygens (including phenoxy) is 2. The molecule has 6 heteroatoms. The molecule has 0 atom stereocenters. The molecule has 0 unspecified atom stereocenters. The van der Waals surface area contributed by atoms with E-state index in [0.29, 0.717) is 6.61 Å². The lowest BCUT2D eigenvalue weighted by atomic mass is 10.2. The molecule has 0 aromatic carbocycles. The van der Waals surface area contributed by atoms with Crippen molar-refractivity contribution in [3.05, 3.63) is 0 Å². The molecule has 0 rings (SSSR count). The molecule has 0 saturated carbocycles. The van der Waals surface area contributed by atoms with Gasteiger partial charge in [-0.25, -0.2) is 20.4 Å². The number of hydrogen-bond donors (Lipinski definition) is 2. The van der Waals surface area contributed by atoms with Crippen LogP contribution >= 0.6 is 0 Å². The summed E-state index contributed by atoms with van der Waals surface area (Å²) in [6.07, 6.45) is -0.710. The smallest absolute Gasteiger partial charge is 0.426 e. The molecule has 15 heavy (non-hydrogen) atoms. The SMILES string of the molecule is CCCOC(=O)NNC(=O)OC(C)(C)C. The van der Waals surface area contributed by atoms with Gasteiger partial charge in [0.1, 0.15) is 5.60 Å². The summed E-state index contributed by atoms with van der Waals surface area (Å²) in [4.78, 5) is 21.9. The summed E-state index contributed by atoms with van der Waals surface area (Å²) in [7, 11) is 0. The van der Waals surface area contributed by atoms with Gasteiger partial charge < -0.3 is 9.47 Å². The van der Waals surface area contributed by atoms with Crippen molar-refractivity contribution in [2.45, 2.75) is 39.7 Å². The predicted molar refractivity (Wildman–Crippen MR) is 54.1 cm³/mol. The molecule has 0 spiro atoms. The topological polar surface area (TPSA) is 76.7 Å². The Kier molecular flexibility index (Phi) is 5.51. The van der Waals surface area contributed by atoms with Gasteiger partial charge in [-0.05, 0) is 27.2 Å². The molecule has 0 aromatic heterocycles. The molecule has 0 saturated heterocycles. The highest BCUT2D eigenvalue weighted by atomic mass is 16.6. The van der Waals surface area contributed by atoms with Crippen LogP contribution in [-0.2, 0) is 9.47 Å². The van der Waals surface area contributed by atoms with Crippen LogP contribution in [0.3, 0.4) is 0 Å². The molecule has 0 radical (unpaired) electrons. The van der Waals surface area contributed by atoms with Crippen LogP contribution in [0.1, 0.15) is 34.1 Å². The van der Waals surface area contributed by atoms with Gasteiger partial charge >= 0.3 is 12.2 Å². The monoisotopic (exact) mass is 218 g/mol. The van der Waals surface area contributed by atoms with Crippen molar-refractivity contribution in [2.75, 3.05) is 6.61 Å². The number of hydrazine groups is 1. The van der Waals surface area contributed by atoms with E-state index in [1.54, 1.807) is 20.8 Å². The van der Waals surface area contributed by atoms with Crippen LogP contribution in [-0.4, -0.2) is 24.4 Å². The van der Waals surface area contributed by atoms with Gasteiger partial charge in [-0.1, -0.05) is 6.92 Å². The van der Waals surface area contributed by atoms with E-state index in [9.17, 15) is 9.59 Å². The fourth-order valence-electron chi connectivity index (χ4n) is 0.637. The van der Waals surface area contributed by atoms with E-state index in [-0.39, 0.29) is 0 Å². The largest absolute Gasteiger partial charge is 0.448 e. The second-order valence-corrected chi connectivity index (χ2v) is 3.89. The number of hydrogen-bond acceptors (Lipinski definition) is 4. The van der Waals surface area contributed by atoms with E-state index in [1.807, 2.05) is 6.92 Å². The van der Waals surface area contributed by atoms with E-state index in [4.69, 9.17) is 4.74 Å². The number of amides is 2. The number of carbonyl (C=O) groups is 2. The number of nitrogens with one attached hydrogen (secondary N) is 2. The second kappa shape index (κ2) is 6.10. The van der Waals surface area contributed by atoms with Gasteiger partial charge in [0.05, 0.1) is 6.61 Å². The molecule has 6 nitrogen and oxygen atoms in total. The first kappa shape index (κ1) is 13.5. The van der Waals surface area contributed by atoms with Crippen molar-refractivity contribution >= 4 is 12.2 Å². The molecule has 0 aliphatic heterocycles. The van der Waals surface area contributed by atoms with Crippen LogP contribution in [0.4, 0.5) is 9.59 Å². The average molecular weight is 218 g/mol. The Bertz CT molecular complexity index is 223. The van der Waals surface area contributed by atoms with Crippen LogP contribution in [0.25, 0.3) is 0 Å². The van der Waals surface area contributed by atoms with Crippen LogP contribution in [0, 0.1) is 0 Å². The first-order valence-corrected chi connectivity index (χ1v) is 4.77. The predicted octanol–water partition coefficient (Wildman–Crippen LogP) is 1.56. The highest BCUT2D eigenvalue weighted by molar-refractivity contribution is 5.73. The van der Waals surface area contributed by atoms with Gasteiger partial charge in [0.25, 0.3) is 0 Å². The molecule has 0 aliphatic rings. The maximum atomic E-state index is 11.0. The standard InChI is InChI=1S/C9H18N2O4/c1-5-6-14-7(12)10-11-8(13)15-9(2,3)4/h5-6H2,1-4H3,(H,10,12)(H,11,13). The number of carbonyl (C=O) groups excluding carboxylic acids is 2. The summed E-state index contributed by atoms with van der Waals surface area (Å²) in [5.41, 5.74) is 3.52. The highest BCUT2D eigenvalue weighted by Crippen LogP contribution is 2.05. The molecule has 0 heterocycles. The lowest BCUT2D eigenvalue weighted by Gasteiger charge is -2.19. The molecule has 0 bridgehead atoms. The summed E-state index contributed by atoms with van der Waals surface area (Å²) in [6.45, 7) is 7.35. The Balaban J connectivity index is 3.67. The van der Waals surface area contributed by atoms with Crippen molar-refractivity contribution in [3.63, 3.8) is 0 Å². The zero-order valence-electron chi connectivity index (χ0n) is 9.55. The van der Waals surface area contributed by atoms with E-state index >= 15 is 0 Å². The zero-order valence-corrected chi connectivity index (χ0v) is 9.55. The molecule has 2 N–H and O–H groups in total. The number of rotatable bonds is 2. The maximum Gasteiger partial charge on any atom is 0.426 e. The third-order valence-electron chi connectivity index (χ3n) is 1.10. The molecule has 88 valence electrons. The summed E-state index contributed by atoms with van der Waals surface area (Å²) < 4.78 is 9.52. The Labute approximate surface area is 89.3 Å². The highest BCUT2D eigenvalue weighted by Gasteiger charge is 2.16.